The molecule has 150 valence electrons. The molecular formula is C22H23N3O4. The van der Waals surface area contributed by atoms with Crippen molar-refractivity contribution < 1.29 is 14.3 Å². The second kappa shape index (κ2) is 9.05. The lowest BCUT2D eigenvalue weighted by Crippen LogP contribution is -2.33. The number of hydrogen-bond donors (Lipinski definition) is 1. The number of hydrogen-bond acceptors (Lipinski definition) is 5. The molecule has 0 radical (unpaired) electrons. The topological polar surface area (TPSA) is 82.4 Å². The minimum atomic E-state index is -0.810. The molecule has 0 aliphatic heterocycles. The maximum atomic E-state index is 12.8. The predicted molar refractivity (Wildman–Crippen MR) is 111 cm³/mol. The van der Waals surface area contributed by atoms with Gasteiger partial charge in [0.05, 0.1) is 25.1 Å². The summed E-state index contributed by atoms with van der Waals surface area (Å²) >= 11 is 0. The van der Waals surface area contributed by atoms with Gasteiger partial charge in [0.2, 0.25) is 5.91 Å². The fourth-order valence-corrected chi connectivity index (χ4v) is 2.82. The number of amides is 1. The van der Waals surface area contributed by atoms with Crippen molar-refractivity contribution in [2.75, 3.05) is 19.0 Å². The van der Waals surface area contributed by atoms with Gasteiger partial charge in [-0.05, 0) is 56.3 Å². The minimum Gasteiger partial charge on any atom is -0.497 e. The zero-order chi connectivity index (χ0) is 20.8. The molecule has 1 amide bonds. The van der Waals surface area contributed by atoms with Crippen LogP contribution in [0.15, 0.2) is 65.5 Å². The van der Waals surface area contributed by atoms with Gasteiger partial charge in [-0.3, -0.25) is 9.59 Å². The predicted octanol–water partition coefficient (Wildman–Crippen LogP) is 3.52. The molecule has 0 bridgehead atoms. The summed E-state index contributed by atoms with van der Waals surface area (Å²) in [5.41, 5.74) is 1.59. The Morgan fingerprint density at radius 1 is 1.10 bits per heavy atom. The van der Waals surface area contributed by atoms with Crippen LogP contribution in [0.25, 0.3) is 11.3 Å². The van der Waals surface area contributed by atoms with Crippen LogP contribution in [-0.4, -0.2) is 29.4 Å². The van der Waals surface area contributed by atoms with Gasteiger partial charge in [0.15, 0.2) is 0 Å². The first-order chi connectivity index (χ1) is 14.0. The van der Waals surface area contributed by atoms with E-state index in [4.69, 9.17) is 9.47 Å². The maximum absolute atomic E-state index is 12.8. The van der Waals surface area contributed by atoms with Crippen LogP contribution in [0.2, 0.25) is 0 Å². The van der Waals surface area contributed by atoms with Crippen molar-refractivity contribution >= 4 is 11.6 Å². The summed E-state index contributed by atoms with van der Waals surface area (Å²) in [6, 6.07) is 16.7. The molecule has 1 atom stereocenters. The average molecular weight is 393 g/mol. The van der Waals surface area contributed by atoms with Gasteiger partial charge < -0.3 is 14.8 Å². The molecule has 0 saturated heterocycles. The van der Waals surface area contributed by atoms with Gasteiger partial charge >= 0.3 is 0 Å². The molecule has 3 rings (SSSR count). The van der Waals surface area contributed by atoms with Gasteiger partial charge in [-0.25, -0.2) is 4.68 Å². The van der Waals surface area contributed by atoms with Crippen LogP contribution in [0.5, 0.6) is 11.5 Å². The molecular weight excluding hydrogens is 370 g/mol. The molecule has 7 nitrogen and oxygen atoms in total. The van der Waals surface area contributed by atoms with Crippen molar-refractivity contribution in [1.82, 2.24) is 9.78 Å². The number of methoxy groups -OCH3 is 1. The van der Waals surface area contributed by atoms with Crippen molar-refractivity contribution in [1.29, 1.82) is 0 Å². The van der Waals surface area contributed by atoms with Gasteiger partial charge in [-0.2, -0.15) is 5.10 Å². The molecule has 1 unspecified atom stereocenters. The third-order valence-electron chi connectivity index (χ3n) is 4.40. The smallest absolute Gasteiger partial charge is 0.267 e. The zero-order valence-corrected chi connectivity index (χ0v) is 16.6. The summed E-state index contributed by atoms with van der Waals surface area (Å²) in [4.78, 5) is 25.1. The van der Waals surface area contributed by atoms with Crippen molar-refractivity contribution in [3.63, 3.8) is 0 Å². The Hall–Kier alpha value is -3.61. The van der Waals surface area contributed by atoms with Crippen molar-refractivity contribution in [2.24, 2.45) is 0 Å². The summed E-state index contributed by atoms with van der Waals surface area (Å²) in [5, 5.41) is 7.21. The summed E-state index contributed by atoms with van der Waals surface area (Å²) in [5.74, 6) is 0.934. The molecule has 0 aliphatic rings. The Balaban J connectivity index is 1.85. The SMILES string of the molecule is CCOc1ccccc1NC(=O)C(C)n1nc(-c2ccc(OC)cc2)ccc1=O. The molecule has 0 spiro atoms. The molecule has 1 heterocycles. The highest BCUT2D eigenvalue weighted by atomic mass is 16.5. The van der Waals surface area contributed by atoms with Crippen LogP contribution in [0.4, 0.5) is 5.69 Å². The quantitative estimate of drug-likeness (QED) is 0.664. The lowest BCUT2D eigenvalue weighted by atomic mass is 10.1. The summed E-state index contributed by atoms with van der Waals surface area (Å²) in [7, 11) is 1.59. The van der Waals surface area contributed by atoms with Crippen molar-refractivity contribution in [3.8, 4) is 22.8 Å². The van der Waals surface area contributed by atoms with Crippen LogP contribution >= 0.6 is 0 Å². The third kappa shape index (κ3) is 4.63. The molecule has 1 N–H and O–H groups in total. The van der Waals surface area contributed by atoms with Gasteiger partial charge in [0.25, 0.3) is 5.56 Å². The monoisotopic (exact) mass is 393 g/mol. The van der Waals surface area contributed by atoms with E-state index in [1.54, 1.807) is 38.3 Å². The van der Waals surface area contributed by atoms with E-state index in [0.717, 1.165) is 11.3 Å². The Morgan fingerprint density at radius 2 is 1.83 bits per heavy atom. The van der Waals surface area contributed by atoms with E-state index < -0.39 is 6.04 Å². The Bertz CT molecular complexity index is 1040. The number of para-hydroxylation sites is 2. The normalized spacial score (nSPS) is 11.6. The van der Waals surface area contributed by atoms with Crippen LogP contribution in [0.1, 0.15) is 19.9 Å². The first kappa shape index (κ1) is 20.1. The van der Waals surface area contributed by atoms with E-state index in [-0.39, 0.29) is 11.5 Å². The summed E-state index contributed by atoms with van der Waals surface area (Å²) in [6.45, 7) is 3.98. The third-order valence-corrected chi connectivity index (χ3v) is 4.40. The van der Waals surface area contributed by atoms with Crippen LogP contribution in [0.3, 0.4) is 0 Å². The first-order valence-electron chi connectivity index (χ1n) is 9.30. The summed E-state index contributed by atoms with van der Waals surface area (Å²) < 4.78 is 11.9. The average Bonchev–Trinajstić information content (AvgIpc) is 2.75. The van der Waals surface area contributed by atoms with E-state index in [1.807, 2.05) is 37.3 Å². The number of nitrogens with zero attached hydrogens (tertiary/aromatic N) is 2. The van der Waals surface area contributed by atoms with Crippen LogP contribution in [-0.2, 0) is 4.79 Å². The molecule has 3 aromatic rings. The minimum absolute atomic E-state index is 0.358. The van der Waals surface area contributed by atoms with E-state index in [0.29, 0.717) is 23.7 Å². The van der Waals surface area contributed by atoms with Gasteiger partial charge in [0.1, 0.15) is 17.5 Å². The number of aromatic nitrogens is 2. The number of anilines is 1. The summed E-state index contributed by atoms with van der Waals surface area (Å²) in [6.07, 6.45) is 0. The number of carbonyl (C=O) groups is 1. The largest absolute Gasteiger partial charge is 0.497 e. The first-order valence-corrected chi connectivity index (χ1v) is 9.30. The van der Waals surface area contributed by atoms with Crippen LogP contribution < -0.4 is 20.3 Å². The molecule has 0 aliphatic carbocycles. The van der Waals surface area contributed by atoms with Gasteiger partial charge in [0, 0.05) is 11.6 Å². The Kier molecular flexibility index (Phi) is 6.29. The van der Waals surface area contributed by atoms with Gasteiger partial charge in [-0.15, -0.1) is 0 Å². The second-order valence-corrected chi connectivity index (χ2v) is 6.32. The van der Waals surface area contributed by atoms with E-state index in [9.17, 15) is 9.59 Å². The molecule has 29 heavy (non-hydrogen) atoms. The zero-order valence-electron chi connectivity index (χ0n) is 16.6. The van der Waals surface area contributed by atoms with E-state index in [1.165, 1.54) is 10.7 Å². The standard InChI is InChI=1S/C22H23N3O4/c1-4-29-20-8-6-5-7-19(20)23-22(27)15(2)25-21(26)14-13-18(24-25)16-9-11-17(28-3)12-10-16/h5-15H,4H2,1-3H3,(H,23,27). The number of benzene rings is 2. The van der Waals surface area contributed by atoms with Crippen molar-refractivity contribution in [2.45, 2.75) is 19.9 Å². The molecule has 1 aromatic heterocycles. The maximum Gasteiger partial charge on any atom is 0.267 e. The fourth-order valence-electron chi connectivity index (χ4n) is 2.82. The second-order valence-electron chi connectivity index (χ2n) is 6.32. The fraction of sp³-hybridized carbons (Fsp3) is 0.227. The number of carbonyl (C=O) groups excluding carboxylic acids is 1. The highest BCUT2D eigenvalue weighted by Gasteiger charge is 2.19. The van der Waals surface area contributed by atoms with Crippen LogP contribution in [0, 0.1) is 0 Å². The lowest BCUT2D eigenvalue weighted by Gasteiger charge is -2.16. The number of nitrogens with one attached hydrogen (secondary N) is 1. The van der Waals surface area contributed by atoms with E-state index in [2.05, 4.69) is 10.4 Å². The lowest BCUT2D eigenvalue weighted by molar-refractivity contribution is -0.119. The highest BCUT2D eigenvalue weighted by molar-refractivity contribution is 5.94. The van der Waals surface area contributed by atoms with E-state index >= 15 is 0 Å². The molecule has 2 aromatic carbocycles. The van der Waals surface area contributed by atoms with Crippen molar-refractivity contribution in [3.05, 3.63) is 71.0 Å². The van der Waals surface area contributed by atoms with Gasteiger partial charge in [-0.1, -0.05) is 12.1 Å². The Morgan fingerprint density at radius 3 is 2.52 bits per heavy atom. The molecule has 7 heteroatoms. The molecule has 0 fully saturated rings. The highest BCUT2D eigenvalue weighted by Crippen LogP contribution is 2.25. The number of ether oxygens (including phenoxy) is 2. The molecule has 0 saturated carbocycles. The Labute approximate surface area is 168 Å². The number of rotatable bonds is 7.